The summed E-state index contributed by atoms with van der Waals surface area (Å²) >= 11 is 0. The molecule has 0 heterocycles. The smallest absolute Gasteiger partial charge is 0.347 e. The van der Waals surface area contributed by atoms with E-state index in [0.29, 0.717) is 11.3 Å². The third-order valence-corrected chi connectivity index (χ3v) is 4.89. The molecule has 0 amide bonds. The average Bonchev–Trinajstić information content (AvgIpc) is 2.59. The van der Waals surface area contributed by atoms with E-state index in [2.05, 4.69) is 0 Å². The predicted octanol–water partition coefficient (Wildman–Crippen LogP) is 5.37. The van der Waals surface area contributed by atoms with Crippen molar-refractivity contribution in [2.75, 3.05) is 0 Å². The first-order valence-electron chi connectivity index (χ1n) is 9.26. The molecule has 0 aliphatic carbocycles. The number of ketones is 1. The second kappa shape index (κ2) is 8.01. The van der Waals surface area contributed by atoms with Crippen molar-refractivity contribution in [3.8, 4) is 5.75 Å². The summed E-state index contributed by atoms with van der Waals surface area (Å²) in [5, 5.41) is 9.28. The van der Waals surface area contributed by atoms with Crippen molar-refractivity contribution in [1.82, 2.24) is 0 Å². The van der Waals surface area contributed by atoms with Crippen molar-refractivity contribution in [3.63, 3.8) is 0 Å². The van der Waals surface area contributed by atoms with Crippen LogP contribution in [0.4, 0.5) is 0 Å². The van der Waals surface area contributed by atoms with Gasteiger partial charge in [0.15, 0.2) is 11.4 Å². The molecule has 0 spiro atoms. The average molecular weight is 380 g/mol. The summed E-state index contributed by atoms with van der Waals surface area (Å²) in [4.78, 5) is 24.0. The summed E-state index contributed by atoms with van der Waals surface area (Å²) in [6.45, 7) is 12.8. The molecular weight excluding hydrogens is 352 g/mol. The lowest BCUT2D eigenvalue weighted by molar-refractivity contribution is -0.152. The Kier molecular flexibility index (Phi) is 6.13. The van der Waals surface area contributed by atoms with Crippen LogP contribution < -0.4 is 4.74 Å². The molecule has 2 rings (SSSR count). The fraction of sp³-hybridized carbons (Fsp3) is 0.333. The van der Waals surface area contributed by atoms with Crippen molar-refractivity contribution in [2.45, 2.75) is 54.1 Å². The lowest BCUT2D eigenvalue weighted by atomic mass is 9.97. The standard InChI is InChI=1S/C24H28O4/c1-14-10-16(3)20(13-15(14)2)21(25)9-8-19-11-17(4)22(18(5)12-19)28-24(6,7)23(26)27/h8-13H,1-7H3,(H,26,27)/b9-8+. The molecule has 0 atom stereocenters. The van der Waals surface area contributed by atoms with E-state index in [9.17, 15) is 14.7 Å². The number of hydrogen-bond donors (Lipinski definition) is 1. The fourth-order valence-electron chi connectivity index (χ4n) is 3.03. The molecule has 0 aliphatic rings. The summed E-state index contributed by atoms with van der Waals surface area (Å²) in [7, 11) is 0. The fourth-order valence-corrected chi connectivity index (χ4v) is 3.03. The maximum atomic E-state index is 12.6. The summed E-state index contributed by atoms with van der Waals surface area (Å²) in [5.74, 6) is -0.506. The van der Waals surface area contributed by atoms with Crippen LogP contribution in [-0.2, 0) is 4.79 Å². The van der Waals surface area contributed by atoms with Gasteiger partial charge in [-0.1, -0.05) is 12.1 Å². The van der Waals surface area contributed by atoms with Gasteiger partial charge in [0.05, 0.1) is 0 Å². The summed E-state index contributed by atoms with van der Waals surface area (Å²) in [6.07, 6.45) is 3.36. The SMILES string of the molecule is Cc1cc(C)c(C(=O)/C=C/c2cc(C)c(OC(C)(C)C(=O)O)c(C)c2)cc1C. The second-order valence-electron chi connectivity index (χ2n) is 7.85. The van der Waals surface area contributed by atoms with Gasteiger partial charge in [0, 0.05) is 5.56 Å². The minimum Gasteiger partial charge on any atom is -0.478 e. The van der Waals surface area contributed by atoms with Crippen LogP contribution in [0.15, 0.2) is 30.3 Å². The first kappa shape index (κ1) is 21.4. The number of carboxylic acid groups (broad SMARTS) is 1. The minimum absolute atomic E-state index is 0.0387. The molecule has 0 aliphatic heterocycles. The number of carbonyl (C=O) groups is 2. The Morgan fingerprint density at radius 2 is 1.39 bits per heavy atom. The van der Waals surface area contributed by atoms with E-state index < -0.39 is 11.6 Å². The third kappa shape index (κ3) is 4.69. The molecule has 1 N–H and O–H groups in total. The number of benzene rings is 2. The van der Waals surface area contributed by atoms with Crippen molar-refractivity contribution in [2.24, 2.45) is 0 Å². The molecule has 4 nitrogen and oxygen atoms in total. The molecule has 2 aromatic rings. The summed E-state index contributed by atoms with van der Waals surface area (Å²) in [5.41, 5.74) is 5.13. The molecule has 0 aromatic heterocycles. The number of aryl methyl sites for hydroxylation is 5. The van der Waals surface area contributed by atoms with E-state index >= 15 is 0 Å². The zero-order chi connectivity index (χ0) is 21.2. The van der Waals surface area contributed by atoms with Crippen molar-refractivity contribution in [1.29, 1.82) is 0 Å². The highest BCUT2D eigenvalue weighted by Gasteiger charge is 2.30. The molecule has 28 heavy (non-hydrogen) atoms. The maximum Gasteiger partial charge on any atom is 0.347 e. The maximum absolute atomic E-state index is 12.6. The molecule has 0 radical (unpaired) electrons. The normalized spacial score (nSPS) is 11.7. The lowest BCUT2D eigenvalue weighted by Gasteiger charge is -2.24. The van der Waals surface area contributed by atoms with Gasteiger partial charge in [0.2, 0.25) is 0 Å². The van der Waals surface area contributed by atoms with Crippen LogP contribution >= 0.6 is 0 Å². The number of carbonyl (C=O) groups excluding carboxylic acids is 1. The zero-order valence-corrected chi connectivity index (χ0v) is 17.6. The van der Waals surface area contributed by atoms with Gasteiger partial charge in [-0.05, 0) is 106 Å². The van der Waals surface area contributed by atoms with E-state index in [1.807, 2.05) is 58.9 Å². The van der Waals surface area contributed by atoms with Gasteiger partial charge in [-0.2, -0.15) is 0 Å². The van der Waals surface area contributed by atoms with Gasteiger partial charge < -0.3 is 9.84 Å². The first-order chi connectivity index (χ1) is 12.9. The Morgan fingerprint density at radius 3 is 1.93 bits per heavy atom. The zero-order valence-electron chi connectivity index (χ0n) is 17.6. The van der Waals surface area contributed by atoms with Gasteiger partial charge in [0.25, 0.3) is 0 Å². The van der Waals surface area contributed by atoms with Gasteiger partial charge in [0.1, 0.15) is 5.75 Å². The molecule has 148 valence electrons. The van der Waals surface area contributed by atoms with Crippen LogP contribution in [0.5, 0.6) is 5.75 Å². The second-order valence-corrected chi connectivity index (χ2v) is 7.85. The molecule has 0 saturated heterocycles. The van der Waals surface area contributed by atoms with Crippen LogP contribution in [0.1, 0.15) is 57.6 Å². The Bertz CT molecular complexity index is 942. The van der Waals surface area contributed by atoms with E-state index in [0.717, 1.165) is 27.8 Å². The minimum atomic E-state index is -1.32. The first-order valence-corrected chi connectivity index (χ1v) is 9.26. The number of rotatable bonds is 6. The Hall–Kier alpha value is -2.88. The highest BCUT2D eigenvalue weighted by molar-refractivity contribution is 6.08. The summed E-state index contributed by atoms with van der Waals surface area (Å²) in [6, 6.07) is 7.73. The third-order valence-electron chi connectivity index (χ3n) is 4.89. The molecule has 0 saturated carbocycles. The molecule has 4 heteroatoms. The largest absolute Gasteiger partial charge is 0.478 e. The number of carboxylic acids is 1. The number of allylic oxidation sites excluding steroid dienone is 1. The Morgan fingerprint density at radius 1 is 0.857 bits per heavy atom. The molecule has 0 bridgehead atoms. The van der Waals surface area contributed by atoms with Crippen LogP contribution in [0.3, 0.4) is 0 Å². The summed E-state index contributed by atoms with van der Waals surface area (Å²) < 4.78 is 5.72. The Balaban J connectivity index is 2.29. The number of aliphatic carboxylic acids is 1. The van der Waals surface area contributed by atoms with Crippen LogP contribution in [-0.4, -0.2) is 22.5 Å². The quantitative estimate of drug-likeness (QED) is 0.541. The van der Waals surface area contributed by atoms with Gasteiger partial charge >= 0.3 is 5.97 Å². The van der Waals surface area contributed by atoms with E-state index in [1.165, 1.54) is 19.4 Å². The van der Waals surface area contributed by atoms with E-state index in [1.54, 1.807) is 12.2 Å². The van der Waals surface area contributed by atoms with Crippen molar-refractivity contribution < 1.29 is 19.4 Å². The van der Waals surface area contributed by atoms with Crippen LogP contribution in [0.25, 0.3) is 6.08 Å². The van der Waals surface area contributed by atoms with Gasteiger partial charge in [-0.3, -0.25) is 4.79 Å². The predicted molar refractivity (Wildman–Crippen MR) is 112 cm³/mol. The molecule has 2 aromatic carbocycles. The lowest BCUT2D eigenvalue weighted by Crippen LogP contribution is -2.38. The highest BCUT2D eigenvalue weighted by atomic mass is 16.5. The molecule has 0 unspecified atom stereocenters. The monoisotopic (exact) mass is 380 g/mol. The molecular formula is C24H28O4. The van der Waals surface area contributed by atoms with Crippen molar-refractivity contribution in [3.05, 3.63) is 69.3 Å². The molecule has 0 fully saturated rings. The van der Waals surface area contributed by atoms with Crippen LogP contribution in [0, 0.1) is 34.6 Å². The van der Waals surface area contributed by atoms with Gasteiger partial charge in [-0.25, -0.2) is 4.79 Å². The van der Waals surface area contributed by atoms with Crippen LogP contribution in [0.2, 0.25) is 0 Å². The van der Waals surface area contributed by atoms with E-state index in [4.69, 9.17) is 4.74 Å². The van der Waals surface area contributed by atoms with Gasteiger partial charge in [-0.15, -0.1) is 0 Å². The number of ether oxygens (including phenoxy) is 1. The number of hydrogen-bond acceptors (Lipinski definition) is 3. The van der Waals surface area contributed by atoms with E-state index in [-0.39, 0.29) is 5.78 Å². The topological polar surface area (TPSA) is 63.6 Å². The highest BCUT2D eigenvalue weighted by Crippen LogP contribution is 2.29. The Labute approximate surface area is 166 Å². The van der Waals surface area contributed by atoms with Crippen molar-refractivity contribution >= 4 is 17.8 Å².